The van der Waals surface area contributed by atoms with Gasteiger partial charge in [-0.15, -0.1) is 0 Å². The van der Waals surface area contributed by atoms with E-state index in [2.05, 4.69) is 10.2 Å². The predicted octanol–water partition coefficient (Wildman–Crippen LogP) is -0.178. The fourth-order valence-corrected chi connectivity index (χ4v) is 2.87. The maximum Gasteiger partial charge on any atom is 0.317 e. The first-order valence-electron chi connectivity index (χ1n) is 7.01. The Kier molecular flexibility index (Phi) is 4.82. The number of piperidine rings is 1. The van der Waals surface area contributed by atoms with Crippen molar-refractivity contribution in [2.75, 3.05) is 40.4 Å². The lowest BCUT2D eigenvalue weighted by Crippen LogP contribution is -2.53. The van der Waals surface area contributed by atoms with Gasteiger partial charge in [0, 0.05) is 19.6 Å². The molecule has 2 rings (SSSR count). The Balaban J connectivity index is 1.89. The molecule has 3 unspecified atom stereocenters. The van der Waals surface area contributed by atoms with Crippen LogP contribution in [0.2, 0.25) is 0 Å². The third kappa shape index (κ3) is 3.40. The normalized spacial score (nSPS) is 31.0. The number of rotatable bonds is 3. The molecule has 0 saturated carbocycles. The van der Waals surface area contributed by atoms with Gasteiger partial charge in [-0.1, -0.05) is 0 Å². The topological polar surface area (TPSA) is 82.1 Å². The summed E-state index contributed by atoms with van der Waals surface area (Å²) in [4.78, 5) is 27.0. The summed E-state index contributed by atoms with van der Waals surface area (Å²) in [5.74, 6) is -1.55. The molecule has 3 atom stereocenters. The number of hydrogen-bond donors (Lipinski definition) is 2. The standard InChI is InChI=1S/C13H23N3O4/c1-15-5-3-4-9(6-15)14-13(19)16(2)11-8-20-7-10(11)12(17)18/h9-11H,3-8H2,1-2H3,(H,14,19)(H,17,18). The molecule has 0 bridgehead atoms. The van der Waals surface area contributed by atoms with Crippen LogP contribution >= 0.6 is 0 Å². The smallest absolute Gasteiger partial charge is 0.317 e. The van der Waals surface area contributed by atoms with E-state index in [9.17, 15) is 9.59 Å². The van der Waals surface area contributed by atoms with Gasteiger partial charge >= 0.3 is 12.0 Å². The van der Waals surface area contributed by atoms with Crippen LogP contribution in [0.5, 0.6) is 0 Å². The Bertz CT molecular complexity index is 377. The number of urea groups is 1. The van der Waals surface area contributed by atoms with Crippen molar-refractivity contribution in [3.63, 3.8) is 0 Å². The van der Waals surface area contributed by atoms with Crippen LogP contribution in [0, 0.1) is 5.92 Å². The van der Waals surface area contributed by atoms with Crippen LogP contribution in [0.4, 0.5) is 4.79 Å². The maximum atomic E-state index is 12.2. The van der Waals surface area contributed by atoms with E-state index in [1.807, 2.05) is 7.05 Å². The molecule has 2 heterocycles. The van der Waals surface area contributed by atoms with Crippen molar-refractivity contribution in [1.82, 2.24) is 15.1 Å². The molecule has 0 spiro atoms. The lowest BCUT2D eigenvalue weighted by atomic mass is 10.0. The van der Waals surface area contributed by atoms with Gasteiger partial charge in [-0.2, -0.15) is 0 Å². The molecule has 0 aromatic heterocycles. The van der Waals surface area contributed by atoms with Crippen molar-refractivity contribution in [2.45, 2.75) is 24.9 Å². The van der Waals surface area contributed by atoms with Crippen molar-refractivity contribution < 1.29 is 19.4 Å². The van der Waals surface area contributed by atoms with Crippen molar-refractivity contribution >= 4 is 12.0 Å². The first-order valence-corrected chi connectivity index (χ1v) is 7.01. The molecule has 0 radical (unpaired) electrons. The lowest BCUT2D eigenvalue weighted by molar-refractivity contribution is -0.142. The maximum absolute atomic E-state index is 12.2. The van der Waals surface area contributed by atoms with Gasteiger partial charge < -0.3 is 25.0 Å². The second-order valence-corrected chi connectivity index (χ2v) is 5.71. The van der Waals surface area contributed by atoms with Gasteiger partial charge in [0.25, 0.3) is 0 Å². The number of carbonyl (C=O) groups is 2. The highest BCUT2D eigenvalue weighted by Crippen LogP contribution is 2.19. The number of hydrogen-bond acceptors (Lipinski definition) is 4. The zero-order valence-corrected chi connectivity index (χ0v) is 12.0. The van der Waals surface area contributed by atoms with E-state index in [1.165, 1.54) is 4.90 Å². The zero-order valence-electron chi connectivity index (χ0n) is 12.0. The SMILES string of the molecule is CN1CCCC(NC(=O)N(C)C2COCC2C(=O)O)C1. The number of nitrogens with zero attached hydrogens (tertiary/aromatic N) is 2. The number of aliphatic carboxylic acids is 1. The van der Waals surface area contributed by atoms with E-state index in [0.29, 0.717) is 0 Å². The van der Waals surface area contributed by atoms with E-state index in [0.717, 1.165) is 25.9 Å². The molecular weight excluding hydrogens is 262 g/mol. The summed E-state index contributed by atoms with van der Waals surface area (Å²) in [7, 11) is 3.67. The van der Waals surface area contributed by atoms with Crippen LogP contribution in [0.25, 0.3) is 0 Å². The Labute approximate surface area is 118 Å². The number of ether oxygens (including phenoxy) is 1. The van der Waals surface area contributed by atoms with Crippen LogP contribution < -0.4 is 5.32 Å². The fraction of sp³-hybridized carbons (Fsp3) is 0.846. The molecule has 20 heavy (non-hydrogen) atoms. The number of likely N-dealkylation sites (N-methyl/N-ethyl adjacent to an activating group) is 2. The minimum Gasteiger partial charge on any atom is -0.481 e. The second kappa shape index (κ2) is 6.41. The molecule has 0 aromatic carbocycles. The van der Waals surface area contributed by atoms with Crippen molar-refractivity contribution in [1.29, 1.82) is 0 Å². The summed E-state index contributed by atoms with van der Waals surface area (Å²) >= 11 is 0. The number of carbonyl (C=O) groups excluding carboxylic acids is 1. The monoisotopic (exact) mass is 285 g/mol. The predicted molar refractivity (Wildman–Crippen MR) is 72.5 cm³/mol. The Morgan fingerprint density at radius 3 is 2.80 bits per heavy atom. The number of amides is 2. The van der Waals surface area contributed by atoms with Crippen LogP contribution in [-0.2, 0) is 9.53 Å². The van der Waals surface area contributed by atoms with Crippen molar-refractivity contribution in [3.8, 4) is 0 Å². The highest BCUT2D eigenvalue weighted by atomic mass is 16.5. The van der Waals surface area contributed by atoms with Crippen molar-refractivity contribution in [3.05, 3.63) is 0 Å². The number of likely N-dealkylation sites (tertiary alicyclic amines) is 1. The van der Waals surface area contributed by atoms with Crippen LogP contribution in [0.15, 0.2) is 0 Å². The molecule has 2 fully saturated rings. The van der Waals surface area contributed by atoms with Gasteiger partial charge in [-0.05, 0) is 26.4 Å². The number of nitrogens with one attached hydrogen (secondary N) is 1. The van der Waals surface area contributed by atoms with Gasteiger partial charge in [-0.3, -0.25) is 4.79 Å². The molecule has 2 aliphatic heterocycles. The summed E-state index contributed by atoms with van der Waals surface area (Å²) in [6, 6.07) is -0.477. The highest BCUT2D eigenvalue weighted by molar-refractivity contribution is 5.77. The number of carboxylic acid groups (broad SMARTS) is 1. The first kappa shape index (κ1) is 15.1. The molecule has 0 aliphatic carbocycles. The summed E-state index contributed by atoms with van der Waals surface area (Å²) in [5.41, 5.74) is 0. The molecular formula is C13H23N3O4. The largest absolute Gasteiger partial charge is 0.481 e. The third-order valence-electron chi connectivity index (χ3n) is 4.14. The minimum atomic E-state index is -0.912. The Hall–Kier alpha value is -1.34. The van der Waals surface area contributed by atoms with Gasteiger partial charge in [0.15, 0.2) is 0 Å². The molecule has 2 amide bonds. The van der Waals surface area contributed by atoms with E-state index in [-0.39, 0.29) is 25.3 Å². The van der Waals surface area contributed by atoms with Crippen LogP contribution in [0.3, 0.4) is 0 Å². The summed E-state index contributed by atoms with van der Waals surface area (Å²) in [6.45, 7) is 2.35. The first-order chi connectivity index (χ1) is 9.49. The molecule has 7 heteroatoms. The molecule has 2 N–H and O–H groups in total. The average Bonchev–Trinajstić information content (AvgIpc) is 2.87. The van der Waals surface area contributed by atoms with Gasteiger partial charge in [0.2, 0.25) is 0 Å². The molecule has 2 saturated heterocycles. The molecule has 2 aliphatic rings. The molecule has 7 nitrogen and oxygen atoms in total. The summed E-state index contributed by atoms with van der Waals surface area (Å²) in [5, 5.41) is 12.1. The van der Waals surface area contributed by atoms with Crippen LogP contribution in [-0.4, -0.2) is 79.4 Å². The Morgan fingerprint density at radius 1 is 1.40 bits per heavy atom. The van der Waals surface area contributed by atoms with E-state index >= 15 is 0 Å². The quantitative estimate of drug-likeness (QED) is 0.752. The summed E-state index contributed by atoms with van der Waals surface area (Å²) in [6.07, 6.45) is 2.03. The van der Waals surface area contributed by atoms with Crippen LogP contribution in [0.1, 0.15) is 12.8 Å². The van der Waals surface area contributed by atoms with E-state index < -0.39 is 17.9 Å². The van der Waals surface area contributed by atoms with Crippen molar-refractivity contribution in [2.24, 2.45) is 5.92 Å². The van der Waals surface area contributed by atoms with E-state index in [1.54, 1.807) is 7.05 Å². The van der Waals surface area contributed by atoms with Gasteiger partial charge in [-0.25, -0.2) is 4.79 Å². The fourth-order valence-electron chi connectivity index (χ4n) is 2.87. The Morgan fingerprint density at radius 2 is 2.15 bits per heavy atom. The average molecular weight is 285 g/mol. The summed E-state index contributed by atoms with van der Waals surface area (Å²) < 4.78 is 5.20. The van der Waals surface area contributed by atoms with Gasteiger partial charge in [0.05, 0.1) is 19.3 Å². The second-order valence-electron chi connectivity index (χ2n) is 5.71. The minimum absolute atomic E-state index is 0.134. The molecule has 114 valence electrons. The lowest BCUT2D eigenvalue weighted by Gasteiger charge is -2.33. The molecule has 0 aromatic rings. The van der Waals surface area contributed by atoms with Gasteiger partial charge in [0.1, 0.15) is 5.92 Å². The highest BCUT2D eigenvalue weighted by Gasteiger charge is 2.38. The van der Waals surface area contributed by atoms with E-state index in [4.69, 9.17) is 9.84 Å². The number of carboxylic acids is 1. The zero-order chi connectivity index (χ0) is 14.7. The third-order valence-corrected chi connectivity index (χ3v) is 4.14.